The molecule has 3 atom stereocenters. The van der Waals surface area contributed by atoms with E-state index in [1.807, 2.05) is 0 Å². The number of amides is 3. The van der Waals surface area contributed by atoms with Crippen molar-refractivity contribution >= 4 is 17.9 Å². The third-order valence-electron chi connectivity index (χ3n) is 4.55. The van der Waals surface area contributed by atoms with Gasteiger partial charge in [0.2, 0.25) is 5.91 Å². The van der Waals surface area contributed by atoms with E-state index < -0.39 is 17.9 Å². The Labute approximate surface area is 118 Å². The minimum atomic E-state index is -1.04. The van der Waals surface area contributed by atoms with Gasteiger partial charge < -0.3 is 10.0 Å². The topological polar surface area (TPSA) is 86.7 Å². The van der Waals surface area contributed by atoms with Gasteiger partial charge in [0.15, 0.2) is 0 Å². The van der Waals surface area contributed by atoms with Crippen molar-refractivity contribution in [1.29, 1.82) is 0 Å². The number of hydrogen-bond acceptors (Lipinski definition) is 3. The Morgan fingerprint density at radius 2 is 1.95 bits per heavy atom. The minimum Gasteiger partial charge on any atom is -0.481 e. The number of carbonyl (C=O) groups excluding carboxylic acids is 2. The van der Waals surface area contributed by atoms with Crippen molar-refractivity contribution in [2.45, 2.75) is 38.5 Å². The molecule has 2 rings (SSSR count). The van der Waals surface area contributed by atoms with E-state index in [2.05, 4.69) is 5.32 Å². The first-order chi connectivity index (χ1) is 9.45. The predicted molar refractivity (Wildman–Crippen MR) is 72.0 cm³/mol. The average Bonchev–Trinajstić information content (AvgIpc) is 2.98. The summed E-state index contributed by atoms with van der Waals surface area (Å²) in [7, 11) is 1.69. The van der Waals surface area contributed by atoms with E-state index in [4.69, 9.17) is 5.11 Å². The molecule has 3 amide bonds. The van der Waals surface area contributed by atoms with Crippen molar-refractivity contribution in [1.82, 2.24) is 10.2 Å². The third kappa shape index (κ3) is 3.71. The van der Waals surface area contributed by atoms with Gasteiger partial charge in [-0.1, -0.05) is 6.42 Å². The number of carboxylic acids is 1. The molecule has 0 heterocycles. The molecule has 0 aromatic carbocycles. The molecule has 0 aromatic rings. The molecule has 2 bridgehead atoms. The molecule has 2 saturated carbocycles. The van der Waals surface area contributed by atoms with E-state index in [1.54, 1.807) is 11.9 Å². The maximum absolute atomic E-state index is 11.8. The molecule has 2 N–H and O–H groups in total. The normalized spacial score (nSPS) is 27.4. The fourth-order valence-corrected chi connectivity index (χ4v) is 3.53. The van der Waals surface area contributed by atoms with Crippen LogP contribution in [0.5, 0.6) is 0 Å². The second-order valence-corrected chi connectivity index (χ2v) is 6.06. The SMILES string of the molecule is CN(CC1CC2CCC1C2)C(=O)NC(=O)CCC(=O)O. The fraction of sp³-hybridized carbons (Fsp3) is 0.786. The number of carboxylic acid groups (broad SMARTS) is 1. The van der Waals surface area contributed by atoms with Gasteiger partial charge in [0.1, 0.15) is 0 Å². The summed E-state index contributed by atoms with van der Waals surface area (Å²) < 4.78 is 0. The summed E-state index contributed by atoms with van der Waals surface area (Å²) in [6, 6.07) is -0.428. The number of hydrogen-bond donors (Lipinski definition) is 2. The third-order valence-corrected chi connectivity index (χ3v) is 4.55. The molecular weight excluding hydrogens is 260 g/mol. The zero-order chi connectivity index (χ0) is 14.7. The van der Waals surface area contributed by atoms with Crippen molar-refractivity contribution in [2.24, 2.45) is 17.8 Å². The Morgan fingerprint density at radius 3 is 2.50 bits per heavy atom. The number of carbonyl (C=O) groups is 3. The molecule has 6 nitrogen and oxygen atoms in total. The molecule has 0 aromatic heterocycles. The zero-order valence-corrected chi connectivity index (χ0v) is 11.8. The van der Waals surface area contributed by atoms with E-state index in [0.717, 1.165) is 11.8 Å². The number of urea groups is 1. The molecule has 0 radical (unpaired) electrons. The van der Waals surface area contributed by atoms with E-state index in [0.29, 0.717) is 12.5 Å². The standard InChI is InChI=1S/C14H22N2O4/c1-16(8-11-7-9-2-3-10(11)6-9)14(20)15-12(17)4-5-13(18)19/h9-11H,2-8H2,1H3,(H,18,19)(H,15,17,20). The van der Waals surface area contributed by atoms with Crippen LogP contribution in [-0.2, 0) is 9.59 Å². The lowest BCUT2D eigenvalue weighted by molar-refractivity contribution is -0.138. The van der Waals surface area contributed by atoms with Crippen LogP contribution < -0.4 is 5.32 Å². The maximum Gasteiger partial charge on any atom is 0.323 e. The highest BCUT2D eigenvalue weighted by molar-refractivity contribution is 5.95. The predicted octanol–water partition coefficient (Wildman–Crippen LogP) is 1.46. The second-order valence-electron chi connectivity index (χ2n) is 6.06. The van der Waals surface area contributed by atoms with Crippen LogP contribution in [0.1, 0.15) is 38.5 Å². The van der Waals surface area contributed by atoms with Gasteiger partial charge in [0.25, 0.3) is 0 Å². The molecule has 6 heteroatoms. The molecule has 112 valence electrons. The number of rotatable bonds is 5. The van der Waals surface area contributed by atoms with Crippen molar-refractivity contribution < 1.29 is 19.5 Å². The van der Waals surface area contributed by atoms with Crippen LogP contribution in [0.3, 0.4) is 0 Å². The number of fused-ring (bicyclic) bond motifs is 2. The highest BCUT2D eigenvalue weighted by Gasteiger charge is 2.40. The van der Waals surface area contributed by atoms with Gasteiger partial charge in [-0.25, -0.2) is 4.79 Å². The van der Waals surface area contributed by atoms with Crippen LogP contribution in [0.2, 0.25) is 0 Å². The lowest BCUT2D eigenvalue weighted by Gasteiger charge is -2.27. The Balaban J connectivity index is 1.72. The molecule has 2 fully saturated rings. The molecule has 20 heavy (non-hydrogen) atoms. The van der Waals surface area contributed by atoms with E-state index in [1.165, 1.54) is 25.7 Å². The first kappa shape index (κ1) is 14.8. The van der Waals surface area contributed by atoms with Gasteiger partial charge in [-0.05, 0) is 37.0 Å². The van der Waals surface area contributed by atoms with Crippen molar-refractivity contribution in [3.05, 3.63) is 0 Å². The number of imide groups is 1. The van der Waals surface area contributed by atoms with Crippen LogP contribution in [-0.4, -0.2) is 41.5 Å². The molecule has 2 aliphatic carbocycles. The van der Waals surface area contributed by atoms with Crippen molar-refractivity contribution in [2.75, 3.05) is 13.6 Å². The average molecular weight is 282 g/mol. The lowest BCUT2D eigenvalue weighted by Crippen LogP contribution is -2.43. The Kier molecular flexibility index (Phi) is 4.62. The van der Waals surface area contributed by atoms with Gasteiger partial charge in [0, 0.05) is 20.0 Å². The van der Waals surface area contributed by atoms with Crippen LogP contribution in [0.25, 0.3) is 0 Å². The molecule has 0 aliphatic heterocycles. The van der Waals surface area contributed by atoms with Crippen LogP contribution in [0.4, 0.5) is 4.79 Å². The summed E-state index contributed by atoms with van der Waals surface area (Å²) in [5, 5.41) is 10.7. The highest BCUT2D eigenvalue weighted by Crippen LogP contribution is 2.48. The molecule has 3 unspecified atom stereocenters. The van der Waals surface area contributed by atoms with Gasteiger partial charge in [-0.15, -0.1) is 0 Å². The molecule has 0 saturated heterocycles. The molecule has 2 aliphatic rings. The van der Waals surface area contributed by atoms with Gasteiger partial charge in [0.05, 0.1) is 6.42 Å². The minimum absolute atomic E-state index is 0.164. The second kappa shape index (κ2) is 6.24. The van der Waals surface area contributed by atoms with Gasteiger partial charge in [-0.3, -0.25) is 14.9 Å². The zero-order valence-electron chi connectivity index (χ0n) is 11.8. The monoisotopic (exact) mass is 282 g/mol. The number of nitrogens with zero attached hydrogens (tertiary/aromatic N) is 1. The number of nitrogens with one attached hydrogen (secondary N) is 1. The van der Waals surface area contributed by atoms with Crippen molar-refractivity contribution in [3.8, 4) is 0 Å². The first-order valence-corrected chi connectivity index (χ1v) is 7.22. The summed E-state index contributed by atoms with van der Waals surface area (Å²) in [6.45, 7) is 0.680. The Bertz CT molecular complexity index is 410. The summed E-state index contributed by atoms with van der Waals surface area (Å²) in [5.74, 6) is 0.551. The molecule has 0 spiro atoms. The van der Waals surface area contributed by atoms with Crippen molar-refractivity contribution in [3.63, 3.8) is 0 Å². The highest BCUT2D eigenvalue weighted by atomic mass is 16.4. The lowest BCUT2D eigenvalue weighted by atomic mass is 9.88. The Hall–Kier alpha value is -1.59. The van der Waals surface area contributed by atoms with Crippen LogP contribution in [0, 0.1) is 17.8 Å². The van der Waals surface area contributed by atoms with Crippen LogP contribution >= 0.6 is 0 Å². The number of aliphatic carboxylic acids is 1. The van der Waals surface area contributed by atoms with Gasteiger partial charge in [-0.2, -0.15) is 0 Å². The fourth-order valence-electron chi connectivity index (χ4n) is 3.53. The first-order valence-electron chi connectivity index (χ1n) is 7.22. The smallest absolute Gasteiger partial charge is 0.323 e. The van der Waals surface area contributed by atoms with E-state index in [-0.39, 0.29) is 12.8 Å². The maximum atomic E-state index is 11.8. The summed E-state index contributed by atoms with van der Waals surface area (Å²) >= 11 is 0. The summed E-state index contributed by atoms with van der Waals surface area (Å²) in [4.78, 5) is 35.1. The largest absolute Gasteiger partial charge is 0.481 e. The Morgan fingerprint density at radius 1 is 1.20 bits per heavy atom. The van der Waals surface area contributed by atoms with E-state index in [9.17, 15) is 14.4 Å². The summed E-state index contributed by atoms with van der Waals surface area (Å²) in [6.07, 6.45) is 4.65. The van der Waals surface area contributed by atoms with Crippen LogP contribution in [0.15, 0.2) is 0 Å². The summed E-state index contributed by atoms with van der Waals surface area (Å²) in [5.41, 5.74) is 0. The van der Waals surface area contributed by atoms with Gasteiger partial charge >= 0.3 is 12.0 Å². The molecular formula is C14H22N2O4. The van der Waals surface area contributed by atoms with E-state index >= 15 is 0 Å². The quantitative estimate of drug-likeness (QED) is 0.799.